The van der Waals surface area contributed by atoms with Crippen LogP contribution in [-0.4, -0.2) is 12.1 Å². The zero-order chi connectivity index (χ0) is 11.3. The van der Waals surface area contributed by atoms with E-state index in [1.54, 1.807) is 0 Å². The molecule has 1 aliphatic carbocycles. The molecule has 0 aromatic rings. The molecule has 0 bridgehead atoms. The van der Waals surface area contributed by atoms with Crippen LogP contribution >= 0.6 is 0 Å². The first-order chi connectivity index (χ1) is 7.01. The molecule has 1 N–H and O–H groups in total. The summed E-state index contributed by atoms with van der Waals surface area (Å²) >= 11 is 0. The Bertz CT molecular complexity index is 161. The van der Waals surface area contributed by atoms with Crippen LogP contribution in [0.15, 0.2) is 0 Å². The molecule has 0 amide bonds. The van der Waals surface area contributed by atoms with E-state index >= 15 is 0 Å². The second-order valence-electron chi connectivity index (χ2n) is 6.31. The van der Waals surface area contributed by atoms with Crippen LogP contribution in [0.25, 0.3) is 0 Å². The summed E-state index contributed by atoms with van der Waals surface area (Å²) in [5.41, 5.74) is 0.292. The lowest BCUT2D eigenvalue weighted by Crippen LogP contribution is -2.39. The van der Waals surface area contributed by atoms with Gasteiger partial charge in [-0.05, 0) is 52.0 Å². The van der Waals surface area contributed by atoms with Crippen molar-refractivity contribution in [2.24, 2.45) is 11.8 Å². The van der Waals surface area contributed by atoms with E-state index in [9.17, 15) is 0 Å². The van der Waals surface area contributed by atoms with Gasteiger partial charge in [-0.25, -0.2) is 0 Å². The van der Waals surface area contributed by atoms with Crippen LogP contribution in [0.5, 0.6) is 0 Å². The fourth-order valence-corrected chi connectivity index (χ4v) is 2.58. The van der Waals surface area contributed by atoms with Crippen LogP contribution in [0.4, 0.5) is 0 Å². The Labute approximate surface area is 96.0 Å². The molecule has 0 unspecified atom stereocenters. The SMILES string of the molecule is CCCC1CCC(CNC(C)(C)C)CC1. The van der Waals surface area contributed by atoms with Crippen molar-refractivity contribution in [1.29, 1.82) is 0 Å². The highest BCUT2D eigenvalue weighted by molar-refractivity contribution is 4.77. The van der Waals surface area contributed by atoms with E-state index in [4.69, 9.17) is 0 Å². The molecule has 15 heavy (non-hydrogen) atoms. The summed E-state index contributed by atoms with van der Waals surface area (Å²) in [5.74, 6) is 1.98. The molecule has 0 aromatic carbocycles. The van der Waals surface area contributed by atoms with Gasteiger partial charge in [0.15, 0.2) is 0 Å². The third-order valence-electron chi connectivity index (χ3n) is 3.58. The van der Waals surface area contributed by atoms with Gasteiger partial charge < -0.3 is 5.32 Å². The highest BCUT2D eigenvalue weighted by Crippen LogP contribution is 2.31. The Kier molecular flexibility index (Phi) is 5.11. The summed E-state index contributed by atoms with van der Waals surface area (Å²) in [4.78, 5) is 0. The molecule has 0 aromatic heterocycles. The van der Waals surface area contributed by atoms with Gasteiger partial charge in [-0.2, -0.15) is 0 Å². The minimum atomic E-state index is 0.292. The maximum absolute atomic E-state index is 3.64. The normalized spacial score (nSPS) is 28.0. The lowest BCUT2D eigenvalue weighted by molar-refractivity contribution is 0.242. The molecule has 1 rings (SSSR count). The van der Waals surface area contributed by atoms with E-state index in [2.05, 4.69) is 33.0 Å². The van der Waals surface area contributed by atoms with E-state index in [1.807, 2.05) is 0 Å². The monoisotopic (exact) mass is 211 g/mol. The molecule has 90 valence electrons. The van der Waals surface area contributed by atoms with Crippen LogP contribution < -0.4 is 5.32 Å². The summed E-state index contributed by atoms with van der Waals surface area (Å²) in [6.07, 6.45) is 8.69. The van der Waals surface area contributed by atoms with Gasteiger partial charge >= 0.3 is 0 Å². The van der Waals surface area contributed by atoms with Gasteiger partial charge in [-0.3, -0.25) is 0 Å². The van der Waals surface area contributed by atoms with Gasteiger partial charge in [-0.1, -0.05) is 32.6 Å². The predicted molar refractivity (Wildman–Crippen MR) is 68.1 cm³/mol. The first kappa shape index (κ1) is 13.0. The minimum Gasteiger partial charge on any atom is -0.312 e. The van der Waals surface area contributed by atoms with Crippen molar-refractivity contribution < 1.29 is 0 Å². The van der Waals surface area contributed by atoms with Crippen molar-refractivity contribution >= 4 is 0 Å². The molecule has 1 aliphatic rings. The van der Waals surface area contributed by atoms with E-state index in [1.165, 1.54) is 45.1 Å². The number of hydrogen-bond acceptors (Lipinski definition) is 1. The summed E-state index contributed by atoms with van der Waals surface area (Å²) in [5, 5.41) is 3.64. The standard InChI is InChI=1S/C14H29N/c1-5-6-12-7-9-13(10-8-12)11-15-14(2,3)4/h12-13,15H,5-11H2,1-4H3. The Morgan fingerprint density at radius 1 is 1.00 bits per heavy atom. The molecule has 0 spiro atoms. The quantitative estimate of drug-likeness (QED) is 0.741. The van der Waals surface area contributed by atoms with Crippen molar-refractivity contribution in [1.82, 2.24) is 5.32 Å². The number of nitrogens with one attached hydrogen (secondary N) is 1. The molecule has 1 heteroatoms. The maximum atomic E-state index is 3.64. The van der Waals surface area contributed by atoms with Crippen LogP contribution in [0.3, 0.4) is 0 Å². The van der Waals surface area contributed by atoms with E-state index in [0.717, 1.165) is 11.8 Å². The molecule has 0 atom stereocenters. The van der Waals surface area contributed by atoms with Gasteiger partial charge in [0.25, 0.3) is 0 Å². The molecule has 0 heterocycles. The first-order valence-corrected chi connectivity index (χ1v) is 6.76. The average Bonchev–Trinajstić information content (AvgIpc) is 2.16. The van der Waals surface area contributed by atoms with Gasteiger partial charge in [0, 0.05) is 5.54 Å². The van der Waals surface area contributed by atoms with Gasteiger partial charge in [0.1, 0.15) is 0 Å². The molecule has 1 saturated carbocycles. The number of rotatable bonds is 4. The van der Waals surface area contributed by atoms with Crippen LogP contribution in [-0.2, 0) is 0 Å². The Morgan fingerprint density at radius 3 is 2.00 bits per heavy atom. The van der Waals surface area contributed by atoms with Crippen molar-refractivity contribution in [2.75, 3.05) is 6.54 Å². The van der Waals surface area contributed by atoms with Crippen molar-refractivity contribution in [3.63, 3.8) is 0 Å². The first-order valence-electron chi connectivity index (χ1n) is 6.76. The maximum Gasteiger partial charge on any atom is 0.00966 e. The van der Waals surface area contributed by atoms with E-state index in [-0.39, 0.29) is 0 Å². The second-order valence-corrected chi connectivity index (χ2v) is 6.31. The summed E-state index contributed by atoms with van der Waals surface area (Å²) in [6.45, 7) is 10.3. The van der Waals surface area contributed by atoms with Gasteiger partial charge in [0.2, 0.25) is 0 Å². The Morgan fingerprint density at radius 2 is 1.53 bits per heavy atom. The third kappa shape index (κ3) is 5.55. The largest absolute Gasteiger partial charge is 0.312 e. The highest BCUT2D eigenvalue weighted by Gasteiger charge is 2.21. The number of hydrogen-bond donors (Lipinski definition) is 1. The molecule has 0 saturated heterocycles. The molecule has 1 nitrogen and oxygen atoms in total. The van der Waals surface area contributed by atoms with Crippen LogP contribution in [0, 0.1) is 11.8 Å². The van der Waals surface area contributed by atoms with Crippen LogP contribution in [0.2, 0.25) is 0 Å². The lowest BCUT2D eigenvalue weighted by atomic mass is 9.80. The smallest absolute Gasteiger partial charge is 0.00966 e. The summed E-state index contributed by atoms with van der Waals surface area (Å²) < 4.78 is 0. The summed E-state index contributed by atoms with van der Waals surface area (Å²) in [7, 11) is 0. The van der Waals surface area contributed by atoms with E-state index < -0.39 is 0 Å². The lowest BCUT2D eigenvalue weighted by Gasteiger charge is -2.31. The van der Waals surface area contributed by atoms with Crippen molar-refractivity contribution in [3.8, 4) is 0 Å². The molecule has 0 radical (unpaired) electrons. The fourth-order valence-electron chi connectivity index (χ4n) is 2.58. The van der Waals surface area contributed by atoms with Crippen LogP contribution in [0.1, 0.15) is 66.2 Å². The average molecular weight is 211 g/mol. The zero-order valence-electron chi connectivity index (χ0n) is 11.1. The van der Waals surface area contributed by atoms with Gasteiger partial charge in [0.05, 0.1) is 0 Å². The highest BCUT2D eigenvalue weighted by atomic mass is 14.9. The topological polar surface area (TPSA) is 12.0 Å². The van der Waals surface area contributed by atoms with Gasteiger partial charge in [-0.15, -0.1) is 0 Å². The Hall–Kier alpha value is -0.0400. The molecule has 0 aliphatic heterocycles. The second kappa shape index (κ2) is 5.89. The third-order valence-corrected chi connectivity index (χ3v) is 3.58. The van der Waals surface area contributed by atoms with E-state index in [0.29, 0.717) is 5.54 Å². The molecular weight excluding hydrogens is 182 g/mol. The zero-order valence-corrected chi connectivity index (χ0v) is 11.1. The molecular formula is C14H29N. The fraction of sp³-hybridized carbons (Fsp3) is 1.00. The minimum absolute atomic E-state index is 0.292. The molecule has 1 fully saturated rings. The predicted octanol–water partition coefficient (Wildman–Crippen LogP) is 3.98. The van der Waals surface area contributed by atoms with Crippen molar-refractivity contribution in [3.05, 3.63) is 0 Å². The van der Waals surface area contributed by atoms with Crippen molar-refractivity contribution in [2.45, 2.75) is 71.8 Å². The summed E-state index contributed by atoms with van der Waals surface area (Å²) in [6, 6.07) is 0. The Balaban J connectivity index is 2.15.